The molecule has 25 heavy (non-hydrogen) atoms. The fraction of sp³-hybridized carbons (Fsp3) is 0.722. The van der Waals surface area contributed by atoms with Gasteiger partial charge >= 0.3 is 0 Å². The second-order valence-electron chi connectivity index (χ2n) is 6.29. The van der Waals surface area contributed by atoms with Crippen LogP contribution in [-0.2, 0) is 4.74 Å². The van der Waals surface area contributed by atoms with Crippen molar-refractivity contribution in [1.82, 2.24) is 15.5 Å². The van der Waals surface area contributed by atoms with Crippen molar-refractivity contribution in [1.29, 1.82) is 0 Å². The molecule has 2 rings (SSSR count). The predicted octanol–water partition coefficient (Wildman–Crippen LogP) is 2.93. The van der Waals surface area contributed by atoms with Gasteiger partial charge in [0.2, 0.25) is 0 Å². The molecule has 1 aromatic rings. The first-order chi connectivity index (χ1) is 11.6. The van der Waals surface area contributed by atoms with Crippen molar-refractivity contribution < 1.29 is 9.15 Å². The van der Waals surface area contributed by atoms with E-state index in [0.717, 1.165) is 56.7 Å². The summed E-state index contributed by atoms with van der Waals surface area (Å²) in [5.74, 6) is 2.79. The van der Waals surface area contributed by atoms with Crippen LogP contribution in [0, 0.1) is 6.92 Å². The Morgan fingerprint density at radius 1 is 1.28 bits per heavy atom. The molecule has 2 atom stereocenters. The van der Waals surface area contributed by atoms with Crippen LogP contribution in [0.1, 0.15) is 44.8 Å². The Labute approximate surface area is 168 Å². The van der Waals surface area contributed by atoms with Crippen molar-refractivity contribution in [3.63, 3.8) is 0 Å². The lowest BCUT2D eigenvalue weighted by atomic mass is 10.1. The number of aryl methyl sites for hydroxylation is 1. The van der Waals surface area contributed by atoms with Crippen LogP contribution in [-0.4, -0.2) is 56.3 Å². The molecule has 0 radical (unpaired) electrons. The first-order valence-corrected chi connectivity index (χ1v) is 9.07. The minimum absolute atomic E-state index is 0. The van der Waals surface area contributed by atoms with Crippen LogP contribution >= 0.6 is 24.0 Å². The molecule has 7 heteroatoms. The van der Waals surface area contributed by atoms with Crippen LogP contribution in [0.3, 0.4) is 0 Å². The molecule has 0 aliphatic carbocycles. The van der Waals surface area contributed by atoms with E-state index in [0.29, 0.717) is 12.6 Å². The number of ether oxygens (including phenoxy) is 1. The Balaban J connectivity index is 0.00000312. The van der Waals surface area contributed by atoms with Crippen molar-refractivity contribution in [2.75, 3.05) is 39.4 Å². The molecule has 1 saturated heterocycles. The Kier molecular flexibility index (Phi) is 10.4. The maximum absolute atomic E-state index is 5.90. The van der Waals surface area contributed by atoms with Crippen LogP contribution in [0.5, 0.6) is 0 Å². The van der Waals surface area contributed by atoms with Crippen molar-refractivity contribution in [3.8, 4) is 0 Å². The molecule has 1 fully saturated rings. The number of nitrogens with zero attached hydrogens (tertiary/aromatic N) is 2. The van der Waals surface area contributed by atoms with Gasteiger partial charge in [-0.2, -0.15) is 0 Å². The summed E-state index contributed by atoms with van der Waals surface area (Å²) in [7, 11) is 0. The van der Waals surface area contributed by atoms with Crippen molar-refractivity contribution >= 4 is 29.9 Å². The summed E-state index contributed by atoms with van der Waals surface area (Å²) in [6.45, 7) is 13.3. The molecule has 0 spiro atoms. The quantitative estimate of drug-likeness (QED) is 0.369. The topological polar surface area (TPSA) is 62.0 Å². The Hall–Kier alpha value is -0.800. The number of hydrogen-bond acceptors (Lipinski definition) is 4. The van der Waals surface area contributed by atoms with Gasteiger partial charge < -0.3 is 19.8 Å². The molecule has 144 valence electrons. The molecular weight excluding hydrogens is 431 g/mol. The summed E-state index contributed by atoms with van der Waals surface area (Å²) >= 11 is 0. The van der Waals surface area contributed by atoms with E-state index >= 15 is 0 Å². The van der Waals surface area contributed by atoms with Gasteiger partial charge in [-0.3, -0.25) is 9.89 Å². The molecule has 0 saturated carbocycles. The zero-order valence-electron chi connectivity index (χ0n) is 15.9. The van der Waals surface area contributed by atoms with E-state index in [1.165, 1.54) is 0 Å². The normalized spacial score (nSPS) is 18.3. The molecule has 1 aromatic heterocycles. The van der Waals surface area contributed by atoms with Crippen LogP contribution in [0.25, 0.3) is 0 Å². The van der Waals surface area contributed by atoms with Crippen LogP contribution in [0.4, 0.5) is 0 Å². The van der Waals surface area contributed by atoms with Gasteiger partial charge in [0.15, 0.2) is 5.96 Å². The van der Waals surface area contributed by atoms with E-state index < -0.39 is 0 Å². The Bertz CT molecular complexity index is 515. The maximum atomic E-state index is 5.90. The van der Waals surface area contributed by atoms with Gasteiger partial charge in [-0.25, -0.2) is 0 Å². The number of aliphatic imine (C=N–C) groups is 1. The highest BCUT2D eigenvalue weighted by molar-refractivity contribution is 14.0. The van der Waals surface area contributed by atoms with E-state index in [-0.39, 0.29) is 30.0 Å². The highest BCUT2D eigenvalue weighted by atomic mass is 127. The van der Waals surface area contributed by atoms with E-state index in [4.69, 9.17) is 14.1 Å². The second-order valence-corrected chi connectivity index (χ2v) is 6.29. The lowest BCUT2D eigenvalue weighted by Crippen LogP contribution is -2.43. The SMILES string of the molecule is CCNC(=NCC(c1ccc(C)o1)N1CCOCC1)NC(C)CC.I. The summed E-state index contributed by atoms with van der Waals surface area (Å²) in [6, 6.07) is 4.64. The van der Waals surface area contributed by atoms with Gasteiger partial charge in [0.1, 0.15) is 11.5 Å². The van der Waals surface area contributed by atoms with Gasteiger partial charge in [0, 0.05) is 25.7 Å². The summed E-state index contributed by atoms with van der Waals surface area (Å²) in [5, 5.41) is 6.78. The molecule has 0 aromatic carbocycles. The minimum atomic E-state index is 0. The average Bonchev–Trinajstić information content (AvgIpc) is 3.02. The molecule has 0 amide bonds. The van der Waals surface area contributed by atoms with Crippen LogP contribution in [0.15, 0.2) is 21.5 Å². The number of furan rings is 1. The standard InChI is InChI=1S/C18H32N4O2.HI/c1-5-14(3)21-18(19-6-2)20-13-16(17-8-7-15(4)24-17)22-9-11-23-12-10-22;/h7-8,14,16H,5-6,9-13H2,1-4H3,(H2,19,20,21);1H. The molecule has 1 aliphatic rings. The average molecular weight is 464 g/mol. The molecule has 1 aliphatic heterocycles. The van der Waals surface area contributed by atoms with Gasteiger partial charge in [0.05, 0.1) is 25.8 Å². The lowest BCUT2D eigenvalue weighted by molar-refractivity contribution is 0.0135. The van der Waals surface area contributed by atoms with E-state index in [1.54, 1.807) is 0 Å². The monoisotopic (exact) mass is 464 g/mol. The first-order valence-electron chi connectivity index (χ1n) is 9.07. The Morgan fingerprint density at radius 2 is 2.00 bits per heavy atom. The molecular formula is C18H33IN4O2. The highest BCUT2D eigenvalue weighted by Gasteiger charge is 2.25. The van der Waals surface area contributed by atoms with Crippen molar-refractivity contribution in [2.45, 2.75) is 46.2 Å². The molecule has 6 nitrogen and oxygen atoms in total. The third-order valence-corrected chi connectivity index (χ3v) is 4.34. The number of guanidine groups is 1. The van der Waals surface area contributed by atoms with E-state index in [9.17, 15) is 0 Å². The molecule has 0 bridgehead atoms. The lowest BCUT2D eigenvalue weighted by Gasteiger charge is -2.32. The van der Waals surface area contributed by atoms with Crippen LogP contribution < -0.4 is 10.6 Å². The number of halogens is 1. The molecule has 2 unspecified atom stereocenters. The summed E-state index contributed by atoms with van der Waals surface area (Å²) in [4.78, 5) is 7.22. The number of hydrogen-bond donors (Lipinski definition) is 2. The van der Waals surface area contributed by atoms with E-state index in [2.05, 4.69) is 42.4 Å². The van der Waals surface area contributed by atoms with Gasteiger partial charge in [-0.05, 0) is 39.3 Å². The zero-order chi connectivity index (χ0) is 17.4. The van der Waals surface area contributed by atoms with Gasteiger partial charge in [-0.1, -0.05) is 6.92 Å². The van der Waals surface area contributed by atoms with Crippen LogP contribution in [0.2, 0.25) is 0 Å². The largest absolute Gasteiger partial charge is 0.465 e. The minimum Gasteiger partial charge on any atom is -0.465 e. The van der Waals surface area contributed by atoms with Gasteiger partial charge in [-0.15, -0.1) is 24.0 Å². The summed E-state index contributed by atoms with van der Waals surface area (Å²) in [6.07, 6.45) is 1.06. The summed E-state index contributed by atoms with van der Waals surface area (Å²) < 4.78 is 11.4. The smallest absolute Gasteiger partial charge is 0.191 e. The third kappa shape index (κ3) is 7.15. The molecule has 2 N–H and O–H groups in total. The predicted molar refractivity (Wildman–Crippen MR) is 113 cm³/mol. The Morgan fingerprint density at radius 3 is 2.56 bits per heavy atom. The van der Waals surface area contributed by atoms with Crippen molar-refractivity contribution in [2.24, 2.45) is 4.99 Å². The third-order valence-electron chi connectivity index (χ3n) is 4.34. The maximum Gasteiger partial charge on any atom is 0.191 e. The zero-order valence-corrected chi connectivity index (χ0v) is 18.2. The molecule has 2 heterocycles. The van der Waals surface area contributed by atoms with Crippen molar-refractivity contribution in [3.05, 3.63) is 23.7 Å². The first kappa shape index (κ1) is 22.2. The fourth-order valence-electron chi connectivity index (χ4n) is 2.74. The number of rotatable bonds is 7. The number of morpholine rings is 1. The fourth-order valence-corrected chi connectivity index (χ4v) is 2.74. The second kappa shape index (κ2) is 11.7. The van der Waals surface area contributed by atoms with E-state index in [1.807, 2.05) is 13.0 Å². The highest BCUT2D eigenvalue weighted by Crippen LogP contribution is 2.24. The number of nitrogens with one attached hydrogen (secondary N) is 2. The van der Waals surface area contributed by atoms with Gasteiger partial charge in [0.25, 0.3) is 0 Å². The summed E-state index contributed by atoms with van der Waals surface area (Å²) in [5.41, 5.74) is 0.